The van der Waals surface area contributed by atoms with Crippen LogP contribution in [0.1, 0.15) is 37.8 Å². The molecule has 0 radical (unpaired) electrons. The highest BCUT2D eigenvalue weighted by molar-refractivity contribution is 14.0. The van der Waals surface area contributed by atoms with E-state index in [1.54, 1.807) is 0 Å². The van der Waals surface area contributed by atoms with Gasteiger partial charge in [-0.3, -0.25) is 0 Å². The molecule has 0 amide bonds. The molecule has 0 atom stereocenters. The molecule has 4 heteroatoms. The summed E-state index contributed by atoms with van der Waals surface area (Å²) < 4.78 is 0. The quantitative estimate of drug-likeness (QED) is 0.346. The van der Waals surface area contributed by atoms with Crippen molar-refractivity contribution in [3.8, 4) is 0 Å². The van der Waals surface area contributed by atoms with Gasteiger partial charge in [-0.25, -0.2) is 4.99 Å². The lowest BCUT2D eigenvalue weighted by Gasteiger charge is -2.10. The summed E-state index contributed by atoms with van der Waals surface area (Å²) in [5, 5.41) is 6.61. The van der Waals surface area contributed by atoms with E-state index in [2.05, 4.69) is 60.7 Å². The van der Waals surface area contributed by atoms with Crippen molar-refractivity contribution < 1.29 is 0 Å². The Morgan fingerprint density at radius 2 is 2.00 bits per heavy atom. The highest BCUT2D eigenvalue weighted by atomic mass is 127. The number of nitrogens with zero attached hydrogens (tertiary/aromatic N) is 1. The van der Waals surface area contributed by atoms with E-state index in [1.165, 1.54) is 24.0 Å². The first-order valence-electron chi connectivity index (χ1n) is 6.84. The van der Waals surface area contributed by atoms with Gasteiger partial charge in [0.05, 0.1) is 6.54 Å². The molecule has 108 valence electrons. The Hall–Kier alpha value is -0.780. The minimum absolute atomic E-state index is 0. The minimum atomic E-state index is 0. The molecule has 0 aliphatic rings. The summed E-state index contributed by atoms with van der Waals surface area (Å²) in [7, 11) is 0. The number of aliphatic imine (C=N–C) groups is 1. The molecule has 0 saturated carbocycles. The van der Waals surface area contributed by atoms with Crippen LogP contribution in [0, 0.1) is 6.92 Å². The smallest absolute Gasteiger partial charge is 0.191 e. The Balaban J connectivity index is 0.00000324. The summed E-state index contributed by atoms with van der Waals surface area (Å²) in [6.45, 7) is 8.99. The van der Waals surface area contributed by atoms with E-state index < -0.39 is 0 Å². The molecule has 0 aliphatic heterocycles. The van der Waals surface area contributed by atoms with Crippen LogP contribution in [0.3, 0.4) is 0 Å². The number of rotatable bonds is 6. The van der Waals surface area contributed by atoms with E-state index in [4.69, 9.17) is 0 Å². The molecule has 0 aliphatic carbocycles. The monoisotopic (exact) mass is 375 g/mol. The average molecular weight is 375 g/mol. The predicted molar refractivity (Wildman–Crippen MR) is 94.3 cm³/mol. The lowest BCUT2D eigenvalue weighted by Crippen LogP contribution is -2.37. The van der Waals surface area contributed by atoms with Gasteiger partial charge in [-0.05, 0) is 25.8 Å². The van der Waals surface area contributed by atoms with Gasteiger partial charge in [0.25, 0.3) is 0 Å². The van der Waals surface area contributed by atoms with Crippen LogP contribution in [-0.2, 0) is 6.54 Å². The molecule has 2 N–H and O–H groups in total. The van der Waals surface area contributed by atoms with Crippen LogP contribution in [0.2, 0.25) is 0 Å². The van der Waals surface area contributed by atoms with E-state index in [0.29, 0.717) is 0 Å². The molecule has 0 bridgehead atoms. The number of halogens is 1. The summed E-state index contributed by atoms with van der Waals surface area (Å²) in [6, 6.07) is 8.49. The van der Waals surface area contributed by atoms with Crippen molar-refractivity contribution in [2.75, 3.05) is 13.1 Å². The van der Waals surface area contributed by atoms with E-state index in [9.17, 15) is 0 Å². The minimum Gasteiger partial charge on any atom is -0.357 e. The molecule has 0 unspecified atom stereocenters. The second kappa shape index (κ2) is 11.1. The third kappa shape index (κ3) is 8.08. The average Bonchev–Trinajstić information content (AvgIpc) is 2.36. The first-order chi connectivity index (χ1) is 8.76. The van der Waals surface area contributed by atoms with E-state index in [1.807, 2.05) is 0 Å². The summed E-state index contributed by atoms with van der Waals surface area (Å²) >= 11 is 0. The van der Waals surface area contributed by atoms with Gasteiger partial charge < -0.3 is 10.6 Å². The second-order valence-electron chi connectivity index (χ2n) is 4.46. The number of nitrogens with one attached hydrogen (secondary N) is 2. The third-order valence-corrected chi connectivity index (χ3v) is 2.67. The van der Waals surface area contributed by atoms with Crippen LogP contribution in [-0.4, -0.2) is 19.0 Å². The molecular weight excluding hydrogens is 349 g/mol. The van der Waals surface area contributed by atoms with Crippen LogP contribution in [0.15, 0.2) is 29.3 Å². The highest BCUT2D eigenvalue weighted by Crippen LogP contribution is 2.04. The van der Waals surface area contributed by atoms with Gasteiger partial charge in [-0.15, -0.1) is 24.0 Å². The zero-order chi connectivity index (χ0) is 13.2. The van der Waals surface area contributed by atoms with Crippen LogP contribution >= 0.6 is 24.0 Å². The maximum absolute atomic E-state index is 4.59. The number of guanidine groups is 1. The zero-order valence-corrected chi connectivity index (χ0v) is 14.5. The predicted octanol–water partition coefficient (Wildman–Crippen LogP) is 3.47. The van der Waals surface area contributed by atoms with Crippen molar-refractivity contribution in [3.63, 3.8) is 0 Å². The molecule has 0 fully saturated rings. The largest absolute Gasteiger partial charge is 0.357 e. The molecule has 0 aromatic heterocycles. The van der Waals surface area contributed by atoms with Crippen molar-refractivity contribution in [1.29, 1.82) is 0 Å². The first-order valence-corrected chi connectivity index (χ1v) is 6.84. The maximum atomic E-state index is 4.59. The molecule has 0 saturated heterocycles. The van der Waals surface area contributed by atoms with Gasteiger partial charge in [-0.1, -0.05) is 43.2 Å². The van der Waals surface area contributed by atoms with Crippen LogP contribution in [0.25, 0.3) is 0 Å². The van der Waals surface area contributed by atoms with Crippen LogP contribution in [0.5, 0.6) is 0 Å². The Morgan fingerprint density at radius 1 is 1.21 bits per heavy atom. The number of aryl methyl sites for hydroxylation is 1. The molecule has 1 aromatic rings. The fourth-order valence-electron chi connectivity index (χ4n) is 1.71. The van der Waals surface area contributed by atoms with Gasteiger partial charge in [0.2, 0.25) is 0 Å². The molecular formula is C15H26IN3. The first kappa shape index (κ1) is 18.2. The van der Waals surface area contributed by atoms with Crippen LogP contribution < -0.4 is 10.6 Å². The zero-order valence-electron chi connectivity index (χ0n) is 12.2. The van der Waals surface area contributed by atoms with Crippen LogP contribution in [0.4, 0.5) is 0 Å². The molecule has 3 nitrogen and oxygen atoms in total. The van der Waals surface area contributed by atoms with E-state index in [0.717, 1.165) is 25.6 Å². The summed E-state index contributed by atoms with van der Waals surface area (Å²) in [5.41, 5.74) is 2.54. The van der Waals surface area contributed by atoms with Crippen molar-refractivity contribution in [2.24, 2.45) is 4.99 Å². The van der Waals surface area contributed by atoms with E-state index >= 15 is 0 Å². The van der Waals surface area contributed by atoms with Crippen molar-refractivity contribution in [2.45, 2.75) is 40.2 Å². The van der Waals surface area contributed by atoms with Crippen molar-refractivity contribution in [1.82, 2.24) is 10.6 Å². The number of benzene rings is 1. The van der Waals surface area contributed by atoms with Gasteiger partial charge in [0.15, 0.2) is 5.96 Å². The SMILES string of the molecule is CCCCNC(=NCc1cccc(C)c1)NCC.I. The molecule has 0 heterocycles. The molecule has 0 spiro atoms. The Labute approximate surface area is 134 Å². The normalized spacial score (nSPS) is 10.8. The lowest BCUT2D eigenvalue weighted by molar-refractivity contribution is 0.730. The third-order valence-electron chi connectivity index (χ3n) is 2.67. The standard InChI is InChI=1S/C15H25N3.HI/c1-4-6-10-17-15(16-5-2)18-12-14-9-7-8-13(3)11-14;/h7-9,11H,4-6,10,12H2,1-3H3,(H2,16,17,18);1H. The Bertz CT molecular complexity index is 377. The summed E-state index contributed by atoms with van der Waals surface area (Å²) in [4.78, 5) is 4.59. The van der Waals surface area contributed by atoms with E-state index in [-0.39, 0.29) is 24.0 Å². The summed E-state index contributed by atoms with van der Waals surface area (Å²) in [6.07, 6.45) is 2.37. The fraction of sp³-hybridized carbons (Fsp3) is 0.533. The molecule has 19 heavy (non-hydrogen) atoms. The number of hydrogen-bond donors (Lipinski definition) is 2. The summed E-state index contributed by atoms with van der Waals surface area (Å²) in [5.74, 6) is 0.910. The molecule has 1 rings (SSSR count). The highest BCUT2D eigenvalue weighted by Gasteiger charge is 1.97. The number of unbranched alkanes of at least 4 members (excludes halogenated alkanes) is 1. The fourth-order valence-corrected chi connectivity index (χ4v) is 1.71. The Morgan fingerprint density at radius 3 is 2.63 bits per heavy atom. The van der Waals surface area contributed by atoms with Gasteiger partial charge in [-0.2, -0.15) is 0 Å². The lowest BCUT2D eigenvalue weighted by atomic mass is 10.1. The van der Waals surface area contributed by atoms with Crippen molar-refractivity contribution >= 4 is 29.9 Å². The second-order valence-corrected chi connectivity index (χ2v) is 4.46. The van der Waals surface area contributed by atoms with Gasteiger partial charge in [0.1, 0.15) is 0 Å². The van der Waals surface area contributed by atoms with Crippen molar-refractivity contribution in [3.05, 3.63) is 35.4 Å². The number of hydrogen-bond acceptors (Lipinski definition) is 1. The Kier molecular flexibility index (Phi) is 10.6. The topological polar surface area (TPSA) is 36.4 Å². The van der Waals surface area contributed by atoms with Gasteiger partial charge >= 0.3 is 0 Å². The van der Waals surface area contributed by atoms with Gasteiger partial charge in [0, 0.05) is 13.1 Å². The maximum Gasteiger partial charge on any atom is 0.191 e. The molecule has 1 aromatic carbocycles.